The smallest absolute Gasteiger partial charge is 0.226 e. The van der Waals surface area contributed by atoms with Crippen LogP contribution in [0.3, 0.4) is 0 Å². The highest BCUT2D eigenvalue weighted by atomic mass is 35.5. The second kappa shape index (κ2) is 4.10. The highest BCUT2D eigenvalue weighted by molar-refractivity contribution is 6.28. The quantitative estimate of drug-likeness (QED) is 0.825. The lowest BCUT2D eigenvalue weighted by Gasteiger charge is -2.12. The molecule has 1 N–H and O–H groups in total. The summed E-state index contributed by atoms with van der Waals surface area (Å²) in [5, 5.41) is 11.6. The summed E-state index contributed by atoms with van der Waals surface area (Å²) in [7, 11) is 1.79. The number of fused-ring (bicyclic) bond motifs is 1. The highest BCUT2D eigenvalue weighted by Gasteiger charge is 2.19. The number of hydrogen-bond acceptors (Lipinski definition) is 5. The lowest BCUT2D eigenvalue weighted by Crippen LogP contribution is -2.16. The molecule has 0 saturated heterocycles. The van der Waals surface area contributed by atoms with Crippen molar-refractivity contribution in [1.29, 1.82) is 0 Å². The van der Waals surface area contributed by atoms with E-state index in [9.17, 15) is 0 Å². The maximum Gasteiger partial charge on any atom is 0.226 e. The topological polar surface area (TPSA) is 68.5 Å². The third kappa shape index (κ3) is 1.93. The molecule has 7 heteroatoms. The number of aryl methyl sites for hydroxylation is 1. The van der Waals surface area contributed by atoms with E-state index in [1.807, 2.05) is 0 Å². The fourth-order valence-corrected chi connectivity index (χ4v) is 2.42. The average Bonchev–Trinajstić information content (AvgIpc) is 2.90. The zero-order valence-corrected chi connectivity index (χ0v) is 10.3. The molecule has 2 heterocycles. The van der Waals surface area contributed by atoms with E-state index in [-0.39, 0.29) is 5.28 Å². The first-order valence-electron chi connectivity index (χ1n) is 5.73. The van der Waals surface area contributed by atoms with E-state index in [4.69, 9.17) is 11.6 Å². The Morgan fingerprint density at radius 1 is 1.29 bits per heavy atom. The fourth-order valence-electron chi connectivity index (χ4n) is 2.25. The summed E-state index contributed by atoms with van der Waals surface area (Å²) < 4.78 is 1.60. The van der Waals surface area contributed by atoms with Gasteiger partial charge in [-0.05, 0) is 24.4 Å². The minimum Gasteiger partial charge on any atom is -0.365 e. The molecular formula is C10H13ClN6. The molecule has 1 aliphatic carbocycles. The van der Waals surface area contributed by atoms with Crippen molar-refractivity contribution in [3.05, 3.63) is 5.28 Å². The van der Waals surface area contributed by atoms with Crippen molar-refractivity contribution >= 4 is 28.6 Å². The number of nitrogens with one attached hydrogen (secondary N) is 1. The van der Waals surface area contributed by atoms with Gasteiger partial charge in [-0.3, -0.25) is 0 Å². The van der Waals surface area contributed by atoms with Crippen molar-refractivity contribution in [3.63, 3.8) is 0 Å². The Labute approximate surface area is 103 Å². The molecule has 1 aliphatic rings. The van der Waals surface area contributed by atoms with Gasteiger partial charge in [0.2, 0.25) is 5.28 Å². The molecule has 2 aromatic heterocycles. The number of rotatable bonds is 2. The van der Waals surface area contributed by atoms with Gasteiger partial charge in [0.05, 0.1) is 0 Å². The monoisotopic (exact) mass is 252 g/mol. The van der Waals surface area contributed by atoms with E-state index in [1.54, 1.807) is 11.7 Å². The van der Waals surface area contributed by atoms with Gasteiger partial charge in [0, 0.05) is 13.1 Å². The van der Waals surface area contributed by atoms with Crippen LogP contribution >= 0.6 is 11.6 Å². The molecule has 0 bridgehead atoms. The molecule has 0 radical (unpaired) electrons. The van der Waals surface area contributed by atoms with Crippen molar-refractivity contribution in [2.75, 3.05) is 5.32 Å². The van der Waals surface area contributed by atoms with Gasteiger partial charge in [-0.25, -0.2) is 4.68 Å². The number of nitrogens with zero attached hydrogens (tertiary/aromatic N) is 5. The zero-order valence-electron chi connectivity index (χ0n) is 9.52. The maximum absolute atomic E-state index is 5.91. The Bertz CT molecular complexity index is 545. The molecule has 90 valence electrons. The van der Waals surface area contributed by atoms with Crippen molar-refractivity contribution in [2.45, 2.75) is 31.7 Å². The van der Waals surface area contributed by atoms with Gasteiger partial charge in [-0.1, -0.05) is 18.1 Å². The first kappa shape index (κ1) is 10.7. The van der Waals surface area contributed by atoms with Crippen LogP contribution in [0, 0.1) is 0 Å². The van der Waals surface area contributed by atoms with Crippen LogP contribution in [0.5, 0.6) is 0 Å². The molecule has 0 atom stereocenters. The lowest BCUT2D eigenvalue weighted by molar-refractivity contribution is 0.729. The molecule has 3 rings (SSSR count). The van der Waals surface area contributed by atoms with E-state index in [2.05, 4.69) is 25.6 Å². The third-order valence-corrected chi connectivity index (χ3v) is 3.29. The summed E-state index contributed by atoms with van der Waals surface area (Å²) in [6.45, 7) is 0. The van der Waals surface area contributed by atoms with Crippen LogP contribution in [0.25, 0.3) is 11.2 Å². The van der Waals surface area contributed by atoms with Crippen LogP contribution in [0.15, 0.2) is 0 Å². The largest absolute Gasteiger partial charge is 0.365 e. The van der Waals surface area contributed by atoms with Crippen molar-refractivity contribution in [2.24, 2.45) is 7.05 Å². The molecule has 6 nitrogen and oxygen atoms in total. The molecule has 1 fully saturated rings. The van der Waals surface area contributed by atoms with Crippen LogP contribution in [0.1, 0.15) is 25.7 Å². The average molecular weight is 253 g/mol. The SMILES string of the molecule is Cn1nnc2c(NC3CCCC3)nc(Cl)nc21. The minimum atomic E-state index is 0.225. The Hall–Kier alpha value is -1.43. The van der Waals surface area contributed by atoms with Gasteiger partial charge in [-0.15, -0.1) is 5.10 Å². The molecule has 0 aliphatic heterocycles. The van der Waals surface area contributed by atoms with Crippen LogP contribution < -0.4 is 5.32 Å². The second-order valence-corrected chi connectivity index (χ2v) is 4.69. The van der Waals surface area contributed by atoms with E-state index >= 15 is 0 Å². The maximum atomic E-state index is 5.91. The van der Waals surface area contributed by atoms with Crippen molar-refractivity contribution in [1.82, 2.24) is 25.0 Å². The van der Waals surface area contributed by atoms with Crippen LogP contribution in [0.2, 0.25) is 5.28 Å². The van der Waals surface area contributed by atoms with Crippen LogP contribution in [-0.4, -0.2) is 31.0 Å². The fraction of sp³-hybridized carbons (Fsp3) is 0.600. The Morgan fingerprint density at radius 2 is 2.06 bits per heavy atom. The number of aromatic nitrogens is 5. The van der Waals surface area contributed by atoms with Gasteiger partial charge >= 0.3 is 0 Å². The highest BCUT2D eigenvalue weighted by Crippen LogP contribution is 2.25. The first-order chi connectivity index (χ1) is 8.24. The van der Waals surface area contributed by atoms with Gasteiger partial charge in [0.25, 0.3) is 0 Å². The van der Waals surface area contributed by atoms with Gasteiger partial charge in [-0.2, -0.15) is 9.97 Å². The molecule has 17 heavy (non-hydrogen) atoms. The number of hydrogen-bond donors (Lipinski definition) is 1. The summed E-state index contributed by atoms with van der Waals surface area (Å²) in [6.07, 6.45) is 4.87. The van der Waals surface area contributed by atoms with E-state index in [0.29, 0.717) is 23.0 Å². The van der Waals surface area contributed by atoms with E-state index in [1.165, 1.54) is 25.7 Å². The normalized spacial score (nSPS) is 16.8. The molecule has 0 amide bonds. The Kier molecular flexibility index (Phi) is 2.58. The van der Waals surface area contributed by atoms with Crippen LogP contribution in [0.4, 0.5) is 5.82 Å². The summed E-state index contributed by atoms with van der Waals surface area (Å²) in [5.41, 5.74) is 1.34. The zero-order chi connectivity index (χ0) is 11.8. The van der Waals surface area contributed by atoms with Gasteiger partial charge in [0.1, 0.15) is 0 Å². The molecule has 1 saturated carbocycles. The van der Waals surface area contributed by atoms with Crippen molar-refractivity contribution in [3.8, 4) is 0 Å². The standard InChI is InChI=1S/C10H13ClN6/c1-17-9-7(15-16-17)8(13-10(11)14-9)12-6-4-2-3-5-6/h6H,2-5H2,1H3,(H,12,13,14). The predicted molar refractivity (Wildman–Crippen MR) is 65.0 cm³/mol. The summed E-state index contributed by atoms with van der Waals surface area (Å²) in [5.74, 6) is 0.694. The van der Waals surface area contributed by atoms with Crippen LogP contribution in [-0.2, 0) is 7.05 Å². The number of anilines is 1. The molecule has 0 spiro atoms. The number of halogens is 1. The predicted octanol–water partition coefficient (Wildman–Crippen LogP) is 1.77. The Morgan fingerprint density at radius 3 is 2.82 bits per heavy atom. The Balaban J connectivity index is 2.02. The summed E-state index contributed by atoms with van der Waals surface area (Å²) in [6, 6.07) is 0.464. The third-order valence-electron chi connectivity index (χ3n) is 3.12. The molecule has 2 aromatic rings. The van der Waals surface area contributed by atoms with Gasteiger partial charge < -0.3 is 5.32 Å². The summed E-state index contributed by atoms with van der Waals surface area (Å²) in [4.78, 5) is 8.33. The van der Waals surface area contributed by atoms with E-state index in [0.717, 1.165) is 0 Å². The second-order valence-electron chi connectivity index (χ2n) is 4.35. The molecule has 0 aromatic carbocycles. The molecular weight excluding hydrogens is 240 g/mol. The van der Waals surface area contributed by atoms with Crippen molar-refractivity contribution < 1.29 is 0 Å². The first-order valence-corrected chi connectivity index (χ1v) is 6.11. The lowest BCUT2D eigenvalue weighted by atomic mass is 10.2. The molecule has 0 unspecified atom stereocenters. The van der Waals surface area contributed by atoms with E-state index < -0.39 is 0 Å². The van der Waals surface area contributed by atoms with Gasteiger partial charge in [0.15, 0.2) is 17.0 Å². The minimum absolute atomic E-state index is 0.225. The summed E-state index contributed by atoms with van der Waals surface area (Å²) >= 11 is 5.91.